The third kappa shape index (κ3) is 3.47. The number of anilines is 1. The summed E-state index contributed by atoms with van der Waals surface area (Å²) in [6, 6.07) is 11.3. The number of aliphatic hydroxyl groups is 1. The predicted molar refractivity (Wildman–Crippen MR) is 82.1 cm³/mol. The van der Waals surface area contributed by atoms with Gasteiger partial charge in [0.25, 0.3) is 5.91 Å². The summed E-state index contributed by atoms with van der Waals surface area (Å²) in [6.07, 6.45) is 0.869. The van der Waals surface area contributed by atoms with Crippen molar-refractivity contribution in [3.05, 3.63) is 51.7 Å². The molecule has 0 atom stereocenters. The van der Waals surface area contributed by atoms with Gasteiger partial charge >= 0.3 is 0 Å². The van der Waals surface area contributed by atoms with Gasteiger partial charge < -0.3 is 10.4 Å². The van der Waals surface area contributed by atoms with Crippen LogP contribution in [0.15, 0.2) is 36.4 Å². The van der Waals surface area contributed by atoms with Gasteiger partial charge in [0.2, 0.25) is 0 Å². The van der Waals surface area contributed by atoms with E-state index in [2.05, 4.69) is 24.1 Å². The van der Waals surface area contributed by atoms with E-state index < -0.39 is 0 Å². The van der Waals surface area contributed by atoms with Gasteiger partial charge in [0.1, 0.15) is 6.61 Å². The van der Waals surface area contributed by atoms with Gasteiger partial charge in [0.05, 0.1) is 9.75 Å². The van der Waals surface area contributed by atoms with Crippen molar-refractivity contribution < 1.29 is 9.90 Å². The van der Waals surface area contributed by atoms with Crippen LogP contribution >= 0.6 is 11.3 Å². The summed E-state index contributed by atoms with van der Waals surface area (Å²) in [5.74, 6) is 5.23. The Balaban J connectivity index is 2.14. The van der Waals surface area contributed by atoms with E-state index >= 15 is 0 Å². The second-order valence-corrected chi connectivity index (χ2v) is 5.17. The molecule has 0 bridgehead atoms. The summed E-state index contributed by atoms with van der Waals surface area (Å²) in [4.78, 5) is 13.6. The first-order valence-corrected chi connectivity index (χ1v) is 7.15. The zero-order valence-corrected chi connectivity index (χ0v) is 12.0. The number of aliphatic hydroxyl groups excluding tert-OH is 1. The lowest BCUT2D eigenvalue weighted by Crippen LogP contribution is -2.11. The van der Waals surface area contributed by atoms with Crippen molar-refractivity contribution >= 4 is 22.9 Å². The van der Waals surface area contributed by atoms with Crippen molar-refractivity contribution in [3.63, 3.8) is 0 Å². The van der Waals surface area contributed by atoms with Crippen LogP contribution in [-0.2, 0) is 6.42 Å². The highest BCUT2D eigenvalue weighted by atomic mass is 32.1. The number of rotatable bonds is 3. The summed E-state index contributed by atoms with van der Waals surface area (Å²) in [5, 5.41) is 11.6. The van der Waals surface area contributed by atoms with Crippen molar-refractivity contribution in [3.8, 4) is 11.8 Å². The van der Waals surface area contributed by atoms with Gasteiger partial charge in [-0.25, -0.2) is 0 Å². The largest absolute Gasteiger partial charge is 0.384 e. The molecule has 0 unspecified atom stereocenters. The van der Waals surface area contributed by atoms with E-state index in [-0.39, 0.29) is 12.5 Å². The Morgan fingerprint density at radius 3 is 2.85 bits per heavy atom. The number of thiophene rings is 1. The van der Waals surface area contributed by atoms with E-state index in [1.165, 1.54) is 11.3 Å². The molecular formula is C16H15NO2S. The van der Waals surface area contributed by atoms with E-state index in [1.54, 1.807) is 12.1 Å². The molecule has 0 radical (unpaired) electrons. The number of carbonyl (C=O) groups is 1. The van der Waals surface area contributed by atoms with E-state index in [0.29, 0.717) is 4.88 Å². The van der Waals surface area contributed by atoms with Crippen molar-refractivity contribution in [2.45, 2.75) is 13.3 Å². The maximum Gasteiger partial charge on any atom is 0.265 e. The topological polar surface area (TPSA) is 49.3 Å². The standard InChI is InChI=1S/C16H15NO2S/c1-2-12-6-3-4-8-14(12)17-16(19)15-10-9-13(20-15)7-5-11-18/h3-4,6,8-10,18H,2,11H2,1H3,(H,17,19). The number of aryl methyl sites for hydroxylation is 1. The number of hydrogen-bond donors (Lipinski definition) is 2. The fourth-order valence-corrected chi connectivity index (χ4v) is 2.56. The molecule has 2 rings (SSSR count). The summed E-state index contributed by atoms with van der Waals surface area (Å²) in [6.45, 7) is 1.88. The molecule has 1 aromatic heterocycles. The van der Waals surface area contributed by atoms with Crippen LogP contribution in [0.1, 0.15) is 27.0 Å². The third-order valence-electron chi connectivity index (χ3n) is 2.77. The minimum absolute atomic E-state index is 0.132. The first kappa shape index (κ1) is 14.3. The minimum Gasteiger partial charge on any atom is -0.384 e. The zero-order valence-electron chi connectivity index (χ0n) is 11.1. The van der Waals surface area contributed by atoms with E-state index in [0.717, 1.165) is 22.5 Å². The summed E-state index contributed by atoms with van der Waals surface area (Å²) in [5.41, 5.74) is 1.95. The normalized spacial score (nSPS) is 9.70. The molecule has 0 saturated carbocycles. The molecular weight excluding hydrogens is 270 g/mol. The van der Waals surface area contributed by atoms with Gasteiger partial charge in [-0.1, -0.05) is 37.0 Å². The van der Waals surface area contributed by atoms with Gasteiger partial charge in [0, 0.05) is 5.69 Å². The molecule has 20 heavy (non-hydrogen) atoms. The van der Waals surface area contributed by atoms with Crippen molar-refractivity contribution in [1.82, 2.24) is 0 Å². The predicted octanol–water partition coefficient (Wildman–Crippen LogP) is 2.91. The number of benzene rings is 1. The number of nitrogens with one attached hydrogen (secondary N) is 1. The Morgan fingerprint density at radius 1 is 1.30 bits per heavy atom. The van der Waals surface area contributed by atoms with Crippen molar-refractivity contribution in [1.29, 1.82) is 0 Å². The fourth-order valence-electron chi connectivity index (χ4n) is 1.79. The maximum absolute atomic E-state index is 12.2. The van der Waals surface area contributed by atoms with E-state index in [4.69, 9.17) is 5.11 Å². The Kier molecular flexibility index (Phi) is 4.94. The summed E-state index contributed by atoms with van der Waals surface area (Å²) < 4.78 is 0. The maximum atomic E-state index is 12.2. The second-order valence-electron chi connectivity index (χ2n) is 4.09. The Morgan fingerprint density at radius 2 is 2.10 bits per heavy atom. The molecule has 1 aromatic carbocycles. The van der Waals surface area contributed by atoms with Crippen LogP contribution in [0.25, 0.3) is 0 Å². The van der Waals surface area contributed by atoms with Crippen LogP contribution in [-0.4, -0.2) is 17.6 Å². The van der Waals surface area contributed by atoms with Crippen LogP contribution in [0.4, 0.5) is 5.69 Å². The Bertz CT molecular complexity index is 664. The Hall–Kier alpha value is -2.09. The molecule has 2 aromatic rings. The molecule has 2 N–H and O–H groups in total. The molecule has 0 saturated heterocycles. The number of carbonyl (C=O) groups excluding carboxylic acids is 1. The molecule has 0 aliphatic carbocycles. The summed E-state index contributed by atoms with van der Waals surface area (Å²) >= 11 is 1.32. The highest BCUT2D eigenvalue weighted by Gasteiger charge is 2.10. The number of para-hydroxylation sites is 1. The van der Waals surface area contributed by atoms with E-state index in [1.807, 2.05) is 24.3 Å². The van der Waals surface area contributed by atoms with Crippen LogP contribution in [0.3, 0.4) is 0 Å². The third-order valence-corrected chi connectivity index (χ3v) is 3.77. The molecule has 1 amide bonds. The van der Waals surface area contributed by atoms with Crippen LogP contribution < -0.4 is 5.32 Å². The monoisotopic (exact) mass is 285 g/mol. The Labute approximate surface area is 122 Å². The second kappa shape index (κ2) is 6.90. The fraction of sp³-hybridized carbons (Fsp3) is 0.188. The average Bonchev–Trinajstić information content (AvgIpc) is 2.94. The number of hydrogen-bond acceptors (Lipinski definition) is 3. The van der Waals surface area contributed by atoms with Crippen LogP contribution in [0.2, 0.25) is 0 Å². The molecule has 0 spiro atoms. The van der Waals surface area contributed by atoms with E-state index in [9.17, 15) is 4.79 Å². The van der Waals surface area contributed by atoms with Gasteiger partial charge in [-0.15, -0.1) is 11.3 Å². The molecule has 0 aliphatic rings. The van der Waals surface area contributed by atoms with Gasteiger partial charge in [-0.05, 0) is 30.2 Å². The van der Waals surface area contributed by atoms with Gasteiger partial charge in [-0.3, -0.25) is 4.79 Å². The summed E-state index contributed by atoms with van der Waals surface area (Å²) in [7, 11) is 0. The van der Waals surface area contributed by atoms with Gasteiger partial charge in [-0.2, -0.15) is 0 Å². The lowest BCUT2D eigenvalue weighted by molar-refractivity contribution is 0.103. The SMILES string of the molecule is CCc1ccccc1NC(=O)c1ccc(C#CCO)s1. The highest BCUT2D eigenvalue weighted by Crippen LogP contribution is 2.20. The number of amides is 1. The molecule has 102 valence electrons. The minimum atomic E-state index is -0.177. The first-order chi connectivity index (χ1) is 9.74. The first-order valence-electron chi connectivity index (χ1n) is 6.33. The average molecular weight is 285 g/mol. The van der Waals surface area contributed by atoms with Crippen molar-refractivity contribution in [2.75, 3.05) is 11.9 Å². The van der Waals surface area contributed by atoms with Crippen LogP contribution in [0.5, 0.6) is 0 Å². The van der Waals surface area contributed by atoms with Crippen LogP contribution in [0, 0.1) is 11.8 Å². The highest BCUT2D eigenvalue weighted by molar-refractivity contribution is 7.14. The molecule has 1 heterocycles. The zero-order chi connectivity index (χ0) is 14.4. The molecule has 0 fully saturated rings. The molecule has 3 nitrogen and oxygen atoms in total. The smallest absolute Gasteiger partial charge is 0.265 e. The molecule has 4 heteroatoms. The van der Waals surface area contributed by atoms with Gasteiger partial charge in [0.15, 0.2) is 0 Å². The lowest BCUT2D eigenvalue weighted by Gasteiger charge is -2.08. The lowest BCUT2D eigenvalue weighted by atomic mass is 10.1. The quantitative estimate of drug-likeness (QED) is 0.852. The van der Waals surface area contributed by atoms with Crippen molar-refractivity contribution in [2.24, 2.45) is 0 Å². The molecule has 0 aliphatic heterocycles.